The van der Waals surface area contributed by atoms with Crippen LogP contribution in [0.1, 0.15) is 22.7 Å². The van der Waals surface area contributed by atoms with Gasteiger partial charge >= 0.3 is 0 Å². The van der Waals surface area contributed by atoms with E-state index in [4.69, 9.17) is 0 Å². The molecule has 4 rings (SSSR count). The summed E-state index contributed by atoms with van der Waals surface area (Å²) in [4.78, 5) is 37.8. The maximum absolute atomic E-state index is 13.1. The van der Waals surface area contributed by atoms with Gasteiger partial charge in [0.25, 0.3) is 17.4 Å². The lowest BCUT2D eigenvalue weighted by Crippen LogP contribution is -2.30. The van der Waals surface area contributed by atoms with Crippen LogP contribution in [0, 0.1) is 17.0 Å². The Morgan fingerprint density at radius 2 is 1.69 bits per heavy atom. The number of anilines is 1. The Bertz CT molecular complexity index is 1280. The van der Waals surface area contributed by atoms with E-state index in [1.165, 1.54) is 41.3 Å². The third-order valence-corrected chi connectivity index (χ3v) is 5.36. The fourth-order valence-corrected chi connectivity index (χ4v) is 3.82. The molecule has 1 aliphatic heterocycles. The lowest BCUT2D eigenvalue weighted by molar-refractivity contribution is -0.384. The highest BCUT2D eigenvalue weighted by Gasteiger charge is 2.47. The van der Waals surface area contributed by atoms with Crippen molar-refractivity contribution in [3.8, 4) is 5.75 Å². The summed E-state index contributed by atoms with van der Waals surface area (Å²) in [5.41, 5.74) is 1.48. The van der Waals surface area contributed by atoms with E-state index in [9.17, 15) is 29.9 Å². The Morgan fingerprint density at radius 1 is 1.00 bits per heavy atom. The van der Waals surface area contributed by atoms with Crippen molar-refractivity contribution in [2.24, 2.45) is 0 Å². The zero-order valence-electron chi connectivity index (χ0n) is 16.9. The second kappa shape index (κ2) is 7.99. The van der Waals surface area contributed by atoms with Crippen LogP contribution in [-0.2, 0) is 9.59 Å². The number of carbonyl (C=O) groups is 2. The van der Waals surface area contributed by atoms with Crippen molar-refractivity contribution in [3.63, 3.8) is 0 Å². The topological polar surface area (TPSA) is 121 Å². The molecule has 0 radical (unpaired) electrons. The number of aliphatic hydroxyl groups is 1. The SMILES string of the molecule is Cc1ccccc1N1C(=O)C(=O)/C(=C(\O)c2ccc([N+](=O)[O-])cc2)C1c1cccc(O)c1. The van der Waals surface area contributed by atoms with Gasteiger partial charge in [0.2, 0.25) is 0 Å². The van der Waals surface area contributed by atoms with Gasteiger partial charge in [0.1, 0.15) is 11.5 Å². The predicted octanol–water partition coefficient (Wildman–Crippen LogP) is 4.24. The van der Waals surface area contributed by atoms with Gasteiger partial charge in [-0.3, -0.25) is 24.6 Å². The van der Waals surface area contributed by atoms with Crippen molar-refractivity contribution in [2.45, 2.75) is 13.0 Å². The van der Waals surface area contributed by atoms with Gasteiger partial charge in [-0.05, 0) is 48.4 Å². The first-order valence-electron chi connectivity index (χ1n) is 9.70. The van der Waals surface area contributed by atoms with Crippen LogP contribution in [0.3, 0.4) is 0 Å². The highest BCUT2D eigenvalue weighted by Crippen LogP contribution is 2.43. The molecule has 0 saturated carbocycles. The van der Waals surface area contributed by atoms with Crippen molar-refractivity contribution in [1.82, 2.24) is 0 Å². The van der Waals surface area contributed by atoms with E-state index in [0.29, 0.717) is 11.3 Å². The van der Waals surface area contributed by atoms with E-state index >= 15 is 0 Å². The van der Waals surface area contributed by atoms with E-state index in [-0.39, 0.29) is 22.6 Å². The monoisotopic (exact) mass is 430 g/mol. The second-order valence-electron chi connectivity index (χ2n) is 7.35. The second-order valence-corrected chi connectivity index (χ2v) is 7.35. The lowest BCUT2D eigenvalue weighted by Gasteiger charge is -2.26. The number of aromatic hydroxyl groups is 1. The average molecular weight is 430 g/mol. The summed E-state index contributed by atoms with van der Waals surface area (Å²) in [6.07, 6.45) is 0. The van der Waals surface area contributed by atoms with Crippen LogP contribution in [0.4, 0.5) is 11.4 Å². The molecule has 0 spiro atoms. The molecule has 3 aromatic carbocycles. The number of aryl methyl sites for hydroxylation is 1. The van der Waals surface area contributed by atoms with E-state index in [0.717, 1.165) is 5.56 Å². The Hall–Kier alpha value is -4.46. The number of aliphatic hydroxyl groups excluding tert-OH is 1. The molecule has 0 aromatic heterocycles. The fourth-order valence-electron chi connectivity index (χ4n) is 3.82. The number of phenolic OH excluding ortho intramolecular Hbond substituents is 1. The smallest absolute Gasteiger partial charge is 0.300 e. The third kappa shape index (κ3) is 3.47. The molecule has 1 atom stereocenters. The average Bonchev–Trinajstić information content (AvgIpc) is 3.04. The van der Waals surface area contributed by atoms with Crippen molar-refractivity contribution in [2.75, 3.05) is 4.90 Å². The molecule has 0 aliphatic carbocycles. The first kappa shape index (κ1) is 20.8. The van der Waals surface area contributed by atoms with Crippen molar-refractivity contribution >= 4 is 28.8 Å². The normalized spacial score (nSPS) is 17.5. The predicted molar refractivity (Wildman–Crippen MR) is 117 cm³/mol. The molecule has 1 saturated heterocycles. The molecule has 1 heterocycles. The number of nitrogens with zero attached hydrogens (tertiary/aromatic N) is 2. The highest BCUT2D eigenvalue weighted by molar-refractivity contribution is 6.51. The lowest BCUT2D eigenvalue weighted by atomic mass is 9.94. The van der Waals surface area contributed by atoms with Gasteiger partial charge in [-0.25, -0.2) is 0 Å². The van der Waals surface area contributed by atoms with E-state index in [2.05, 4.69) is 0 Å². The molecule has 8 nitrogen and oxygen atoms in total. The van der Waals surface area contributed by atoms with Gasteiger partial charge in [0.05, 0.1) is 16.5 Å². The summed E-state index contributed by atoms with van der Waals surface area (Å²) >= 11 is 0. The number of hydrogen-bond donors (Lipinski definition) is 2. The Kier molecular flexibility index (Phi) is 5.19. The van der Waals surface area contributed by atoms with Crippen LogP contribution in [0.25, 0.3) is 5.76 Å². The zero-order chi connectivity index (χ0) is 23.0. The summed E-state index contributed by atoms with van der Waals surface area (Å²) in [7, 11) is 0. The van der Waals surface area contributed by atoms with E-state index < -0.39 is 28.4 Å². The summed E-state index contributed by atoms with van der Waals surface area (Å²) in [5.74, 6) is -2.23. The summed E-state index contributed by atoms with van der Waals surface area (Å²) < 4.78 is 0. The van der Waals surface area contributed by atoms with Crippen molar-refractivity contribution < 1.29 is 24.7 Å². The molecular weight excluding hydrogens is 412 g/mol. The van der Waals surface area contributed by atoms with E-state index in [1.54, 1.807) is 43.3 Å². The Balaban J connectivity index is 1.94. The largest absolute Gasteiger partial charge is 0.508 e. The molecule has 1 unspecified atom stereocenters. The minimum atomic E-state index is -1.00. The number of ketones is 1. The number of hydrogen-bond acceptors (Lipinski definition) is 6. The molecular formula is C24H18N2O6. The van der Waals surface area contributed by atoms with Gasteiger partial charge in [-0.15, -0.1) is 0 Å². The number of carbonyl (C=O) groups excluding carboxylic acids is 2. The van der Waals surface area contributed by atoms with Gasteiger partial charge < -0.3 is 10.2 Å². The van der Waals surface area contributed by atoms with Gasteiger partial charge in [-0.2, -0.15) is 0 Å². The molecule has 2 N–H and O–H groups in total. The number of Topliss-reactive ketones (excluding diaryl/α,β-unsaturated/α-hetero) is 1. The minimum absolute atomic E-state index is 0.0618. The molecule has 1 aliphatic rings. The fraction of sp³-hybridized carbons (Fsp3) is 0.0833. The van der Waals surface area contributed by atoms with Crippen LogP contribution < -0.4 is 4.90 Å². The first-order valence-corrected chi connectivity index (χ1v) is 9.70. The number of para-hydroxylation sites is 1. The van der Waals surface area contributed by atoms with Crippen LogP contribution in [0.5, 0.6) is 5.75 Å². The molecule has 3 aromatic rings. The third-order valence-electron chi connectivity index (χ3n) is 5.36. The Labute approximate surface area is 182 Å². The number of nitro benzene ring substituents is 1. The maximum Gasteiger partial charge on any atom is 0.300 e. The number of amides is 1. The van der Waals surface area contributed by atoms with Gasteiger partial charge in [0, 0.05) is 23.4 Å². The van der Waals surface area contributed by atoms with Crippen LogP contribution >= 0.6 is 0 Å². The maximum atomic E-state index is 13.1. The number of benzene rings is 3. The van der Waals surface area contributed by atoms with Crippen LogP contribution in [-0.4, -0.2) is 26.8 Å². The summed E-state index contributed by atoms with van der Waals surface area (Å²) in [6, 6.07) is 17.2. The summed E-state index contributed by atoms with van der Waals surface area (Å²) in [6.45, 7) is 1.80. The number of non-ortho nitro benzene ring substituents is 1. The van der Waals surface area contributed by atoms with Crippen molar-refractivity contribution in [3.05, 3.63) is 105 Å². The van der Waals surface area contributed by atoms with Gasteiger partial charge in [-0.1, -0.05) is 30.3 Å². The molecule has 8 heteroatoms. The number of nitro groups is 1. The molecule has 32 heavy (non-hydrogen) atoms. The molecule has 1 amide bonds. The minimum Gasteiger partial charge on any atom is -0.508 e. The highest BCUT2D eigenvalue weighted by atomic mass is 16.6. The standard InChI is InChI=1S/C24H18N2O6/c1-14-5-2-3-8-19(14)25-21(16-6-4-7-18(27)13-16)20(23(29)24(25)30)22(28)15-9-11-17(12-10-15)26(31)32/h2-13,21,27-28H,1H3/b22-20-. The molecule has 0 bridgehead atoms. The number of rotatable bonds is 4. The van der Waals surface area contributed by atoms with Crippen LogP contribution in [0.2, 0.25) is 0 Å². The van der Waals surface area contributed by atoms with Gasteiger partial charge in [0.15, 0.2) is 0 Å². The molecule has 160 valence electrons. The van der Waals surface area contributed by atoms with Crippen LogP contribution in [0.15, 0.2) is 78.4 Å². The van der Waals surface area contributed by atoms with Crippen molar-refractivity contribution in [1.29, 1.82) is 0 Å². The first-order chi connectivity index (χ1) is 15.3. The zero-order valence-corrected chi connectivity index (χ0v) is 16.9. The van der Waals surface area contributed by atoms with E-state index in [1.807, 2.05) is 0 Å². The Morgan fingerprint density at radius 3 is 2.31 bits per heavy atom. The molecule has 1 fully saturated rings. The quantitative estimate of drug-likeness (QED) is 0.210. The number of phenols is 1. The summed E-state index contributed by atoms with van der Waals surface area (Å²) in [5, 5.41) is 32.0.